The fourth-order valence-electron chi connectivity index (χ4n) is 1.11. The average Bonchev–Trinajstić information content (AvgIpc) is 2.65. The predicted octanol–water partition coefficient (Wildman–Crippen LogP) is 1.36. The number of halogens is 1. The second-order valence-electron chi connectivity index (χ2n) is 3.21. The number of hydrogen-bond donors (Lipinski definition) is 2. The van der Waals surface area contributed by atoms with E-state index in [1.807, 2.05) is 6.07 Å². The molecule has 1 rings (SSSR count). The molecule has 0 fully saturated rings. The first kappa shape index (κ1) is 13.6. The molecule has 0 saturated heterocycles. The van der Waals surface area contributed by atoms with Crippen molar-refractivity contribution in [1.82, 2.24) is 10.6 Å². The normalized spacial score (nSPS) is 10.4. The molecule has 16 heavy (non-hydrogen) atoms. The highest BCUT2D eigenvalue weighted by atomic mass is 79.9. The maximum absolute atomic E-state index is 11.3. The van der Waals surface area contributed by atoms with Crippen LogP contribution in [0.3, 0.4) is 0 Å². The Balaban J connectivity index is 2.08. The molecule has 0 aliphatic carbocycles. The van der Waals surface area contributed by atoms with Crippen molar-refractivity contribution in [2.45, 2.75) is 6.54 Å². The molecule has 0 radical (unpaired) electrons. The van der Waals surface area contributed by atoms with E-state index in [0.29, 0.717) is 26.2 Å². The number of amides is 1. The van der Waals surface area contributed by atoms with Crippen molar-refractivity contribution in [3.63, 3.8) is 0 Å². The van der Waals surface area contributed by atoms with Crippen molar-refractivity contribution >= 4 is 33.2 Å². The van der Waals surface area contributed by atoms with Gasteiger partial charge < -0.3 is 15.4 Å². The SMILES string of the molecule is COCCNC(=O)CNCc1csc(Br)c1. The Bertz CT molecular complexity index is 330. The van der Waals surface area contributed by atoms with Crippen LogP contribution in [0.25, 0.3) is 0 Å². The van der Waals surface area contributed by atoms with Crippen molar-refractivity contribution < 1.29 is 9.53 Å². The van der Waals surface area contributed by atoms with Gasteiger partial charge in [-0.05, 0) is 32.9 Å². The van der Waals surface area contributed by atoms with Crippen LogP contribution < -0.4 is 10.6 Å². The van der Waals surface area contributed by atoms with E-state index in [-0.39, 0.29) is 5.91 Å². The number of carbonyl (C=O) groups is 1. The third-order valence-corrected chi connectivity index (χ3v) is 3.42. The molecule has 6 heteroatoms. The monoisotopic (exact) mass is 306 g/mol. The molecule has 0 unspecified atom stereocenters. The van der Waals surface area contributed by atoms with Crippen molar-refractivity contribution in [2.24, 2.45) is 0 Å². The average molecular weight is 307 g/mol. The minimum absolute atomic E-state index is 0.00801. The van der Waals surface area contributed by atoms with Gasteiger partial charge in [0.1, 0.15) is 0 Å². The quantitative estimate of drug-likeness (QED) is 0.748. The van der Waals surface area contributed by atoms with Crippen molar-refractivity contribution in [2.75, 3.05) is 26.8 Å². The first-order valence-corrected chi connectivity index (χ1v) is 6.59. The second kappa shape index (κ2) is 7.78. The summed E-state index contributed by atoms with van der Waals surface area (Å²) < 4.78 is 5.94. The molecular formula is C10H15BrN2O2S. The predicted molar refractivity (Wildman–Crippen MR) is 68.6 cm³/mol. The van der Waals surface area contributed by atoms with Crippen LogP contribution in [0, 0.1) is 0 Å². The summed E-state index contributed by atoms with van der Waals surface area (Å²) in [6.07, 6.45) is 0. The summed E-state index contributed by atoms with van der Waals surface area (Å²) in [5, 5.41) is 7.87. The molecule has 4 nitrogen and oxygen atoms in total. The number of thiophene rings is 1. The van der Waals surface area contributed by atoms with E-state index < -0.39 is 0 Å². The fourth-order valence-corrected chi connectivity index (χ4v) is 2.32. The lowest BCUT2D eigenvalue weighted by molar-refractivity contribution is -0.120. The summed E-state index contributed by atoms with van der Waals surface area (Å²) in [4.78, 5) is 11.3. The van der Waals surface area contributed by atoms with E-state index in [1.54, 1.807) is 18.4 Å². The molecule has 2 N–H and O–H groups in total. The largest absolute Gasteiger partial charge is 0.383 e. The van der Waals surface area contributed by atoms with Gasteiger partial charge in [0.2, 0.25) is 5.91 Å². The van der Waals surface area contributed by atoms with Gasteiger partial charge in [-0.1, -0.05) is 0 Å². The van der Waals surface area contributed by atoms with Gasteiger partial charge in [0.25, 0.3) is 0 Å². The zero-order chi connectivity index (χ0) is 11.8. The third kappa shape index (κ3) is 5.60. The second-order valence-corrected chi connectivity index (χ2v) is 5.50. The van der Waals surface area contributed by atoms with E-state index in [0.717, 1.165) is 3.79 Å². The first-order valence-electron chi connectivity index (χ1n) is 4.91. The zero-order valence-corrected chi connectivity index (χ0v) is 11.5. The third-order valence-electron chi connectivity index (χ3n) is 1.86. The number of carbonyl (C=O) groups excluding carboxylic acids is 1. The molecule has 0 aliphatic rings. The molecule has 0 bridgehead atoms. The van der Waals surface area contributed by atoms with Crippen LogP contribution >= 0.6 is 27.3 Å². The molecule has 0 spiro atoms. The van der Waals surface area contributed by atoms with Gasteiger partial charge in [0, 0.05) is 20.2 Å². The summed E-state index contributed by atoms with van der Waals surface area (Å²) >= 11 is 5.03. The van der Waals surface area contributed by atoms with Crippen LogP contribution in [0.15, 0.2) is 15.2 Å². The Morgan fingerprint density at radius 1 is 1.62 bits per heavy atom. The molecule has 0 atom stereocenters. The number of ether oxygens (including phenoxy) is 1. The van der Waals surface area contributed by atoms with Gasteiger partial charge >= 0.3 is 0 Å². The van der Waals surface area contributed by atoms with E-state index in [4.69, 9.17) is 4.74 Å². The van der Waals surface area contributed by atoms with Crippen molar-refractivity contribution in [1.29, 1.82) is 0 Å². The lowest BCUT2D eigenvalue weighted by atomic mass is 10.3. The number of hydrogen-bond acceptors (Lipinski definition) is 4. The van der Waals surface area contributed by atoms with Crippen LogP contribution in [-0.2, 0) is 16.1 Å². The number of methoxy groups -OCH3 is 1. The molecular weight excluding hydrogens is 292 g/mol. The maximum atomic E-state index is 11.3. The highest BCUT2D eigenvalue weighted by molar-refractivity contribution is 9.11. The highest BCUT2D eigenvalue weighted by Gasteiger charge is 2.01. The topological polar surface area (TPSA) is 50.4 Å². The van der Waals surface area contributed by atoms with Crippen LogP contribution in [0.2, 0.25) is 0 Å². The van der Waals surface area contributed by atoms with E-state index >= 15 is 0 Å². The molecule has 1 aromatic heterocycles. The van der Waals surface area contributed by atoms with Crippen LogP contribution in [0.4, 0.5) is 0 Å². The standard InChI is InChI=1S/C10H15BrN2O2S/c1-15-3-2-13-10(14)6-12-5-8-4-9(11)16-7-8/h4,7,12H,2-3,5-6H2,1H3,(H,13,14). The van der Waals surface area contributed by atoms with Gasteiger partial charge in [-0.2, -0.15) is 0 Å². The Morgan fingerprint density at radius 3 is 3.06 bits per heavy atom. The number of nitrogens with one attached hydrogen (secondary N) is 2. The molecule has 90 valence electrons. The van der Waals surface area contributed by atoms with Gasteiger partial charge in [-0.15, -0.1) is 11.3 Å². The zero-order valence-electron chi connectivity index (χ0n) is 9.09. The highest BCUT2D eigenvalue weighted by Crippen LogP contribution is 2.20. The first-order chi connectivity index (χ1) is 7.72. The van der Waals surface area contributed by atoms with Gasteiger partial charge in [0.15, 0.2) is 0 Å². The molecule has 0 aliphatic heterocycles. The fraction of sp³-hybridized carbons (Fsp3) is 0.500. The van der Waals surface area contributed by atoms with Crippen LogP contribution in [0.1, 0.15) is 5.56 Å². The smallest absolute Gasteiger partial charge is 0.234 e. The van der Waals surface area contributed by atoms with Crippen molar-refractivity contribution in [3.8, 4) is 0 Å². The maximum Gasteiger partial charge on any atom is 0.234 e. The summed E-state index contributed by atoms with van der Waals surface area (Å²) in [7, 11) is 1.61. The Hall–Kier alpha value is -0.430. The summed E-state index contributed by atoms with van der Waals surface area (Å²) in [6.45, 7) is 2.14. The van der Waals surface area contributed by atoms with Gasteiger partial charge in [0.05, 0.1) is 16.9 Å². The Kier molecular flexibility index (Phi) is 6.63. The summed E-state index contributed by atoms with van der Waals surface area (Å²) in [5.74, 6) is -0.00801. The Morgan fingerprint density at radius 2 is 2.44 bits per heavy atom. The van der Waals surface area contributed by atoms with Gasteiger partial charge in [-0.3, -0.25) is 4.79 Å². The Labute approximate surface area is 108 Å². The molecule has 1 amide bonds. The minimum Gasteiger partial charge on any atom is -0.383 e. The molecule has 1 aromatic rings. The summed E-state index contributed by atoms with van der Waals surface area (Å²) in [5.41, 5.74) is 1.18. The van der Waals surface area contributed by atoms with Crippen LogP contribution in [-0.4, -0.2) is 32.7 Å². The van der Waals surface area contributed by atoms with Gasteiger partial charge in [-0.25, -0.2) is 0 Å². The van der Waals surface area contributed by atoms with E-state index in [9.17, 15) is 4.79 Å². The number of rotatable bonds is 7. The van der Waals surface area contributed by atoms with E-state index in [2.05, 4.69) is 31.9 Å². The summed E-state index contributed by atoms with van der Waals surface area (Å²) in [6, 6.07) is 2.04. The molecule has 0 aromatic carbocycles. The van der Waals surface area contributed by atoms with E-state index in [1.165, 1.54) is 5.56 Å². The van der Waals surface area contributed by atoms with Crippen molar-refractivity contribution in [3.05, 3.63) is 20.8 Å². The minimum atomic E-state index is -0.00801. The molecule has 0 saturated carbocycles. The van der Waals surface area contributed by atoms with Crippen LogP contribution in [0.5, 0.6) is 0 Å². The molecule has 1 heterocycles. The lowest BCUT2D eigenvalue weighted by Gasteiger charge is -2.05. The lowest BCUT2D eigenvalue weighted by Crippen LogP contribution is -2.35.